The molecule has 0 atom stereocenters. The smallest absolute Gasteiger partial charge is 0.387 e. The van der Waals surface area contributed by atoms with Crippen molar-refractivity contribution in [1.29, 1.82) is 0 Å². The van der Waals surface area contributed by atoms with E-state index in [9.17, 15) is 17.2 Å². The molecule has 0 saturated carbocycles. The molecule has 6 nitrogen and oxygen atoms in total. The first kappa shape index (κ1) is 23.2. The monoisotopic (exact) mass is 447 g/mol. The number of aryl methyl sites for hydroxylation is 1. The van der Waals surface area contributed by atoms with Gasteiger partial charge in [-0.3, -0.25) is 4.72 Å². The number of alkyl halides is 2. The van der Waals surface area contributed by atoms with Gasteiger partial charge >= 0.3 is 6.61 Å². The Kier molecular flexibility index (Phi) is 7.67. The number of piperazine rings is 1. The maximum absolute atomic E-state index is 12.9. The van der Waals surface area contributed by atoms with Crippen molar-refractivity contribution in [2.24, 2.45) is 0 Å². The second kappa shape index (κ2) is 9.60. The minimum Gasteiger partial charge on any atom is -0.433 e. The lowest BCUT2D eigenvalue weighted by molar-refractivity contribution is -0.0493. The fraction of sp³-hybridized carbons (Fsp3) is 0.368. The second-order valence-electron chi connectivity index (χ2n) is 6.72. The molecule has 1 aliphatic rings. The minimum atomic E-state index is -3.97. The molecule has 1 fully saturated rings. The maximum atomic E-state index is 12.9. The third kappa shape index (κ3) is 5.71. The van der Waals surface area contributed by atoms with Crippen LogP contribution in [0.5, 0.6) is 5.75 Å². The minimum absolute atomic E-state index is 0. The first-order chi connectivity index (χ1) is 13.3. The molecular formula is C19H24ClF2N3O3S. The maximum Gasteiger partial charge on any atom is 0.387 e. The molecule has 0 amide bonds. The number of nitrogens with zero attached hydrogens (tertiary/aromatic N) is 2. The number of anilines is 2. The van der Waals surface area contributed by atoms with E-state index in [-0.39, 0.29) is 28.7 Å². The van der Waals surface area contributed by atoms with Gasteiger partial charge in [-0.25, -0.2) is 8.42 Å². The lowest BCUT2D eigenvalue weighted by atomic mass is 10.1. The van der Waals surface area contributed by atoms with Crippen molar-refractivity contribution in [3.63, 3.8) is 0 Å². The van der Waals surface area contributed by atoms with Crippen molar-refractivity contribution >= 4 is 33.8 Å². The summed E-state index contributed by atoms with van der Waals surface area (Å²) in [4.78, 5) is 4.44. The number of benzene rings is 2. The van der Waals surface area contributed by atoms with Crippen LogP contribution in [0.2, 0.25) is 0 Å². The number of para-hydroxylation sites is 2. The summed E-state index contributed by atoms with van der Waals surface area (Å²) in [7, 11) is -1.92. The first-order valence-corrected chi connectivity index (χ1v) is 10.4. The predicted octanol–water partition coefficient (Wildman–Crippen LogP) is 3.57. The van der Waals surface area contributed by atoms with Crippen molar-refractivity contribution in [2.75, 3.05) is 42.8 Å². The Morgan fingerprint density at radius 3 is 2.38 bits per heavy atom. The number of halogens is 3. The van der Waals surface area contributed by atoms with Gasteiger partial charge < -0.3 is 14.5 Å². The van der Waals surface area contributed by atoms with Gasteiger partial charge in [0, 0.05) is 31.9 Å². The highest BCUT2D eigenvalue weighted by molar-refractivity contribution is 7.92. The Morgan fingerprint density at radius 2 is 1.72 bits per heavy atom. The van der Waals surface area contributed by atoms with Gasteiger partial charge in [-0.2, -0.15) is 8.78 Å². The molecule has 2 aromatic rings. The quantitative estimate of drug-likeness (QED) is 0.733. The Bertz CT molecular complexity index is 936. The van der Waals surface area contributed by atoms with Crippen LogP contribution in [0.1, 0.15) is 5.56 Å². The molecule has 160 valence electrons. The van der Waals surface area contributed by atoms with Gasteiger partial charge in [-0.1, -0.05) is 18.2 Å². The molecule has 3 rings (SSSR count). The van der Waals surface area contributed by atoms with Crippen LogP contribution in [-0.4, -0.2) is 53.2 Å². The first-order valence-electron chi connectivity index (χ1n) is 8.87. The zero-order valence-corrected chi connectivity index (χ0v) is 17.8. The summed E-state index contributed by atoms with van der Waals surface area (Å²) >= 11 is 0. The van der Waals surface area contributed by atoms with Crippen LogP contribution < -0.4 is 14.4 Å². The Balaban J connectivity index is 0.00000300. The Hall–Kier alpha value is -2.10. The molecule has 1 heterocycles. The molecular weight excluding hydrogens is 424 g/mol. The number of rotatable bonds is 6. The van der Waals surface area contributed by atoms with E-state index >= 15 is 0 Å². The molecule has 1 N–H and O–H groups in total. The average molecular weight is 448 g/mol. The highest BCUT2D eigenvalue weighted by Crippen LogP contribution is 2.30. The van der Waals surface area contributed by atoms with Crippen LogP contribution in [0.25, 0.3) is 0 Å². The summed E-state index contributed by atoms with van der Waals surface area (Å²) in [6, 6.07) is 10.6. The summed E-state index contributed by atoms with van der Waals surface area (Å²) in [6.45, 7) is 2.29. The standard InChI is InChI=1S/C19H23F2N3O3S.ClH/c1-14-7-8-15(13-17(14)24-11-9-23(2)10-12-24)28(25,26)22-16-5-3-4-6-18(16)27-19(20)21;/h3-8,13,19,22H,9-12H2,1-2H3;1H. The van der Waals surface area contributed by atoms with Gasteiger partial charge in [0.15, 0.2) is 0 Å². The van der Waals surface area contributed by atoms with Crippen LogP contribution in [0.15, 0.2) is 47.4 Å². The van der Waals surface area contributed by atoms with E-state index in [4.69, 9.17) is 0 Å². The second-order valence-corrected chi connectivity index (χ2v) is 8.40. The van der Waals surface area contributed by atoms with E-state index < -0.39 is 16.6 Å². The number of sulfonamides is 1. The zero-order valence-electron chi connectivity index (χ0n) is 16.1. The fourth-order valence-electron chi connectivity index (χ4n) is 3.10. The third-order valence-corrected chi connectivity index (χ3v) is 6.05. The lowest BCUT2D eigenvalue weighted by Crippen LogP contribution is -2.44. The SMILES string of the molecule is Cc1ccc(S(=O)(=O)Nc2ccccc2OC(F)F)cc1N1CCN(C)CC1.Cl. The molecule has 0 unspecified atom stereocenters. The van der Waals surface area contributed by atoms with Gasteiger partial charge in [0.2, 0.25) is 0 Å². The van der Waals surface area contributed by atoms with Gasteiger partial charge in [0.25, 0.3) is 10.0 Å². The van der Waals surface area contributed by atoms with Crippen LogP contribution in [-0.2, 0) is 10.0 Å². The number of ether oxygens (including phenoxy) is 1. The van der Waals surface area contributed by atoms with E-state index in [0.29, 0.717) is 0 Å². The molecule has 0 aromatic heterocycles. The van der Waals surface area contributed by atoms with Gasteiger partial charge in [-0.05, 0) is 43.8 Å². The average Bonchev–Trinajstić information content (AvgIpc) is 2.64. The molecule has 0 radical (unpaired) electrons. The molecule has 0 bridgehead atoms. The van der Waals surface area contributed by atoms with E-state index in [1.807, 2.05) is 14.0 Å². The van der Waals surface area contributed by atoms with Crippen molar-refractivity contribution in [3.8, 4) is 5.75 Å². The van der Waals surface area contributed by atoms with Gasteiger partial charge in [0.1, 0.15) is 5.75 Å². The van der Waals surface area contributed by atoms with Gasteiger partial charge in [-0.15, -0.1) is 12.4 Å². The third-order valence-electron chi connectivity index (χ3n) is 4.68. The molecule has 1 saturated heterocycles. The van der Waals surface area contributed by atoms with E-state index in [1.165, 1.54) is 24.3 Å². The molecule has 29 heavy (non-hydrogen) atoms. The molecule has 0 aliphatic carbocycles. The highest BCUT2D eigenvalue weighted by Gasteiger charge is 2.21. The summed E-state index contributed by atoms with van der Waals surface area (Å²) < 4.78 is 57.6. The summed E-state index contributed by atoms with van der Waals surface area (Å²) in [6.07, 6.45) is 0. The van der Waals surface area contributed by atoms with Crippen molar-refractivity contribution < 1.29 is 21.9 Å². The van der Waals surface area contributed by atoms with E-state index in [2.05, 4.69) is 19.3 Å². The molecule has 10 heteroatoms. The van der Waals surface area contributed by atoms with Crippen LogP contribution in [0.3, 0.4) is 0 Å². The van der Waals surface area contributed by atoms with Crippen molar-refractivity contribution in [2.45, 2.75) is 18.4 Å². The number of nitrogens with one attached hydrogen (secondary N) is 1. The molecule has 0 spiro atoms. The van der Waals surface area contributed by atoms with Crippen LogP contribution in [0.4, 0.5) is 20.2 Å². The number of hydrogen-bond acceptors (Lipinski definition) is 5. The Morgan fingerprint density at radius 1 is 1.07 bits per heavy atom. The highest BCUT2D eigenvalue weighted by atomic mass is 35.5. The van der Waals surface area contributed by atoms with Crippen LogP contribution >= 0.6 is 12.4 Å². The molecule has 1 aliphatic heterocycles. The normalized spacial score (nSPS) is 15.1. The summed E-state index contributed by atoms with van der Waals surface area (Å²) in [5, 5.41) is 0. The Labute approximate surface area is 175 Å². The van der Waals surface area contributed by atoms with Crippen molar-refractivity contribution in [1.82, 2.24) is 4.90 Å². The fourth-order valence-corrected chi connectivity index (χ4v) is 4.19. The number of hydrogen-bond donors (Lipinski definition) is 1. The number of likely N-dealkylation sites (N-methyl/N-ethyl adjacent to an activating group) is 1. The largest absolute Gasteiger partial charge is 0.433 e. The summed E-state index contributed by atoms with van der Waals surface area (Å²) in [5.41, 5.74) is 1.79. The van der Waals surface area contributed by atoms with E-state index in [0.717, 1.165) is 37.4 Å². The topological polar surface area (TPSA) is 61.9 Å². The van der Waals surface area contributed by atoms with E-state index in [1.54, 1.807) is 18.2 Å². The molecule has 2 aromatic carbocycles. The predicted molar refractivity (Wildman–Crippen MR) is 112 cm³/mol. The summed E-state index contributed by atoms with van der Waals surface area (Å²) in [5.74, 6) is -0.229. The zero-order chi connectivity index (χ0) is 20.3. The van der Waals surface area contributed by atoms with Gasteiger partial charge in [0.05, 0.1) is 10.6 Å². The van der Waals surface area contributed by atoms with Crippen LogP contribution in [0, 0.1) is 6.92 Å². The lowest BCUT2D eigenvalue weighted by Gasteiger charge is -2.35. The van der Waals surface area contributed by atoms with Crippen molar-refractivity contribution in [3.05, 3.63) is 48.0 Å².